The van der Waals surface area contributed by atoms with Gasteiger partial charge in [0.05, 0.1) is 5.56 Å². The Morgan fingerprint density at radius 3 is 2.94 bits per heavy atom. The molecule has 16 heavy (non-hydrogen) atoms. The average Bonchev–Trinajstić information content (AvgIpc) is 2.64. The zero-order valence-corrected chi connectivity index (χ0v) is 9.20. The summed E-state index contributed by atoms with van der Waals surface area (Å²) in [5, 5.41) is 9.38. The molecule has 0 aliphatic rings. The Kier molecular flexibility index (Phi) is 2.87. The van der Waals surface area contributed by atoms with Gasteiger partial charge in [0.2, 0.25) is 0 Å². The number of hydrogen-bond donors (Lipinski definition) is 2. The zero-order chi connectivity index (χ0) is 11.5. The maximum atomic E-state index is 10.8. The molecular weight excluding hydrogens is 224 g/mol. The molecule has 0 aliphatic heterocycles. The molecular formula is C11H10N2O2S. The Balaban J connectivity index is 2.21. The number of thiazole rings is 1. The van der Waals surface area contributed by atoms with Gasteiger partial charge in [-0.2, -0.15) is 0 Å². The minimum Gasteiger partial charge on any atom is -0.478 e. The van der Waals surface area contributed by atoms with E-state index in [1.54, 1.807) is 24.4 Å². The molecule has 2 rings (SSSR count). The summed E-state index contributed by atoms with van der Waals surface area (Å²) in [6, 6.07) is 6.87. The number of hydrogen-bond acceptors (Lipinski definition) is 4. The monoisotopic (exact) mass is 234 g/mol. The van der Waals surface area contributed by atoms with Gasteiger partial charge >= 0.3 is 5.97 Å². The van der Waals surface area contributed by atoms with Crippen molar-refractivity contribution in [3.05, 3.63) is 46.5 Å². The lowest BCUT2D eigenvalue weighted by molar-refractivity contribution is 0.0697. The number of aromatic carboxylic acids is 1. The van der Waals surface area contributed by atoms with Crippen LogP contribution in [0.2, 0.25) is 0 Å². The van der Waals surface area contributed by atoms with Gasteiger partial charge in [-0.25, -0.2) is 9.78 Å². The molecule has 0 bridgehead atoms. The molecule has 0 unspecified atom stereocenters. The Hall–Kier alpha value is -1.88. The van der Waals surface area contributed by atoms with E-state index in [9.17, 15) is 4.79 Å². The van der Waals surface area contributed by atoms with Crippen LogP contribution in [-0.2, 0) is 6.42 Å². The highest BCUT2D eigenvalue weighted by Gasteiger charge is 2.05. The third-order valence-electron chi connectivity index (χ3n) is 2.12. The van der Waals surface area contributed by atoms with E-state index in [-0.39, 0.29) is 0 Å². The van der Waals surface area contributed by atoms with Crippen LogP contribution < -0.4 is 5.73 Å². The van der Waals surface area contributed by atoms with Crippen molar-refractivity contribution >= 4 is 22.4 Å². The summed E-state index contributed by atoms with van der Waals surface area (Å²) in [5.74, 6) is -0.911. The van der Waals surface area contributed by atoms with Crippen molar-refractivity contribution in [2.75, 3.05) is 5.73 Å². The molecule has 2 aromatic rings. The molecule has 5 heteroatoms. The van der Waals surface area contributed by atoms with Crippen molar-refractivity contribution in [1.82, 2.24) is 4.98 Å². The van der Waals surface area contributed by atoms with Crippen LogP contribution in [0.15, 0.2) is 30.5 Å². The summed E-state index contributed by atoms with van der Waals surface area (Å²) in [6.07, 6.45) is 2.38. The predicted octanol–water partition coefficient (Wildman–Crippen LogP) is 2.01. The topological polar surface area (TPSA) is 76.2 Å². The first-order chi connectivity index (χ1) is 7.65. The van der Waals surface area contributed by atoms with Gasteiger partial charge in [0, 0.05) is 17.5 Å². The van der Waals surface area contributed by atoms with Crippen LogP contribution >= 0.6 is 11.3 Å². The maximum Gasteiger partial charge on any atom is 0.335 e. The first-order valence-electron chi connectivity index (χ1n) is 4.67. The van der Waals surface area contributed by atoms with Crippen molar-refractivity contribution in [1.29, 1.82) is 0 Å². The van der Waals surface area contributed by atoms with E-state index in [4.69, 9.17) is 10.8 Å². The SMILES string of the molecule is Nc1ncc(Cc2cccc(C(=O)O)c2)s1. The molecule has 82 valence electrons. The van der Waals surface area contributed by atoms with Crippen molar-refractivity contribution < 1.29 is 9.90 Å². The van der Waals surface area contributed by atoms with E-state index < -0.39 is 5.97 Å². The number of nitrogens with two attached hydrogens (primary N) is 1. The lowest BCUT2D eigenvalue weighted by Crippen LogP contribution is -1.97. The van der Waals surface area contributed by atoms with Gasteiger partial charge in [-0.1, -0.05) is 12.1 Å². The summed E-state index contributed by atoms with van der Waals surface area (Å²) in [7, 11) is 0. The molecule has 0 spiro atoms. The highest BCUT2D eigenvalue weighted by atomic mass is 32.1. The fraction of sp³-hybridized carbons (Fsp3) is 0.0909. The van der Waals surface area contributed by atoms with E-state index in [1.165, 1.54) is 11.3 Å². The van der Waals surface area contributed by atoms with Crippen LogP contribution in [0.25, 0.3) is 0 Å². The van der Waals surface area contributed by atoms with E-state index in [0.29, 0.717) is 17.1 Å². The number of carbonyl (C=O) groups is 1. The number of rotatable bonds is 3. The van der Waals surface area contributed by atoms with Crippen LogP contribution in [-0.4, -0.2) is 16.1 Å². The molecule has 4 nitrogen and oxygen atoms in total. The summed E-state index contributed by atoms with van der Waals surface area (Å²) in [4.78, 5) is 15.8. The van der Waals surface area contributed by atoms with Gasteiger partial charge in [0.15, 0.2) is 5.13 Å². The third kappa shape index (κ3) is 2.38. The number of carboxylic acids is 1. The Morgan fingerprint density at radius 1 is 1.50 bits per heavy atom. The summed E-state index contributed by atoms with van der Waals surface area (Å²) < 4.78 is 0. The van der Waals surface area contributed by atoms with E-state index in [2.05, 4.69) is 4.98 Å². The highest BCUT2D eigenvalue weighted by Crippen LogP contribution is 2.19. The Bertz CT molecular complexity index is 522. The molecule has 3 N–H and O–H groups in total. The maximum absolute atomic E-state index is 10.8. The van der Waals surface area contributed by atoms with Gasteiger partial charge in [0.25, 0.3) is 0 Å². The summed E-state index contributed by atoms with van der Waals surface area (Å²) >= 11 is 1.42. The number of carboxylic acid groups (broad SMARTS) is 1. The van der Waals surface area contributed by atoms with Crippen LogP contribution in [0, 0.1) is 0 Å². The van der Waals surface area contributed by atoms with E-state index >= 15 is 0 Å². The highest BCUT2D eigenvalue weighted by molar-refractivity contribution is 7.15. The molecule has 1 aromatic heterocycles. The molecule has 0 fully saturated rings. The first kappa shape index (κ1) is 10.6. The second kappa shape index (κ2) is 4.32. The summed E-state index contributed by atoms with van der Waals surface area (Å²) in [5.41, 5.74) is 6.77. The minimum absolute atomic E-state index is 0.301. The third-order valence-corrected chi connectivity index (χ3v) is 2.95. The predicted molar refractivity (Wildman–Crippen MR) is 62.7 cm³/mol. The van der Waals surface area contributed by atoms with E-state index in [0.717, 1.165) is 10.4 Å². The van der Waals surface area contributed by atoms with Gasteiger partial charge < -0.3 is 10.8 Å². The lowest BCUT2D eigenvalue weighted by Gasteiger charge is -2.00. The molecule has 0 radical (unpaired) electrons. The van der Waals surface area contributed by atoms with Crippen molar-refractivity contribution in [2.45, 2.75) is 6.42 Å². The molecule has 1 heterocycles. The first-order valence-corrected chi connectivity index (χ1v) is 5.49. The molecule has 0 saturated heterocycles. The summed E-state index contributed by atoms with van der Waals surface area (Å²) in [6.45, 7) is 0. The van der Waals surface area contributed by atoms with Gasteiger partial charge in [0.1, 0.15) is 0 Å². The number of nitrogens with zero attached hydrogens (tertiary/aromatic N) is 1. The smallest absolute Gasteiger partial charge is 0.335 e. The fourth-order valence-corrected chi connectivity index (χ4v) is 2.14. The largest absolute Gasteiger partial charge is 0.478 e. The molecule has 0 atom stereocenters. The number of benzene rings is 1. The minimum atomic E-state index is -0.911. The molecule has 1 aromatic carbocycles. The quantitative estimate of drug-likeness (QED) is 0.851. The molecule has 0 amide bonds. The van der Waals surface area contributed by atoms with Crippen LogP contribution in [0.5, 0.6) is 0 Å². The fourth-order valence-electron chi connectivity index (χ4n) is 1.42. The zero-order valence-electron chi connectivity index (χ0n) is 8.38. The van der Waals surface area contributed by atoms with Crippen LogP contribution in [0.3, 0.4) is 0 Å². The van der Waals surface area contributed by atoms with Gasteiger partial charge in [-0.05, 0) is 17.7 Å². The average molecular weight is 234 g/mol. The van der Waals surface area contributed by atoms with Crippen molar-refractivity contribution in [3.8, 4) is 0 Å². The normalized spacial score (nSPS) is 10.2. The van der Waals surface area contributed by atoms with Crippen molar-refractivity contribution in [3.63, 3.8) is 0 Å². The lowest BCUT2D eigenvalue weighted by atomic mass is 10.1. The van der Waals surface area contributed by atoms with Gasteiger partial charge in [-0.15, -0.1) is 11.3 Å². The number of aromatic nitrogens is 1. The Labute approximate surface area is 96.4 Å². The van der Waals surface area contributed by atoms with Crippen LogP contribution in [0.4, 0.5) is 5.13 Å². The van der Waals surface area contributed by atoms with Gasteiger partial charge in [-0.3, -0.25) is 0 Å². The number of nitrogen functional groups attached to an aromatic ring is 1. The molecule has 0 aliphatic carbocycles. The second-order valence-electron chi connectivity index (χ2n) is 3.35. The standard InChI is InChI=1S/C11H10N2O2S/c12-11-13-6-9(16-11)5-7-2-1-3-8(4-7)10(14)15/h1-4,6H,5H2,(H2,12,13)(H,14,15). The van der Waals surface area contributed by atoms with E-state index in [1.807, 2.05) is 6.07 Å². The Morgan fingerprint density at radius 2 is 2.31 bits per heavy atom. The number of anilines is 1. The molecule has 0 saturated carbocycles. The second-order valence-corrected chi connectivity index (χ2v) is 4.49. The van der Waals surface area contributed by atoms with Crippen LogP contribution in [0.1, 0.15) is 20.8 Å². The van der Waals surface area contributed by atoms with Crippen molar-refractivity contribution in [2.24, 2.45) is 0 Å².